The Bertz CT molecular complexity index is 947. The van der Waals surface area contributed by atoms with E-state index in [0.717, 1.165) is 19.0 Å². The highest BCUT2D eigenvalue weighted by Crippen LogP contribution is 2.40. The van der Waals surface area contributed by atoms with E-state index >= 15 is 0 Å². The molecule has 0 aliphatic carbocycles. The van der Waals surface area contributed by atoms with Crippen molar-refractivity contribution in [3.8, 4) is 0 Å². The number of ether oxygens (including phenoxy) is 1. The predicted octanol–water partition coefficient (Wildman–Crippen LogP) is 1.49. The zero-order valence-electron chi connectivity index (χ0n) is 17.1. The molecule has 1 fully saturated rings. The smallest absolute Gasteiger partial charge is 0.279 e. The maximum atomic E-state index is 12.3. The van der Waals surface area contributed by atoms with Gasteiger partial charge in [-0.2, -0.15) is 0 Å². The van der Waals surface area contributed by atoms with Gasteiger partial charge in [0.1, 0.15) is 23.9 Å². The quantitative estimate of drug-likeness (QED) is 0.596. The van der Waals surface area contributed by atoms with Gasteiger partial charge in [0.05, 0.1) is 6.10 Å². The van der Waals surface area contributed by atoms with Crippen molar-refractivity contribution in [2.75, 3.05) is 19.5 Å². The lowest BCUT2D eigenvalue weighted by Gasteiger charge is -2.20. The number of nitrogens with zero attached hydrogens (tertiary/aromatic N) is 3. The standard InChI is InChI=1S/C19H31N4O4P/c1-6-7-8-13-22-14-17(20-11(2)21-18(14)26)23(13)19-16(25)15(24)12(27-19)9-10-28(3,4)5/h12,15-16,19,24-25H,3,6-10H2,1-2,4-5H3,(H,20,21,26)/t12-,15-,16-,19-/m1/s1. The zero-order chi connectivity index (χ0) is 20.6. The van der Waals surface area contributed by atoms with E-state index < -0.39 is 31.4 Å². The molecule has 0 unspecified atom stereocenters. The summed E-state index contributed by atoms with van der Waals surface area (Å²) >= 11 is 0. The summed E-state index contributed by atoms with van der Waals surface area (Å²) in [6, 6.07) is 0. The van der Waals surface area contributed by atoms with Crippen LogP contribution < -0.4 is 5.56 Å². The molecule has 8 nitrogen and oxygen atoms in total. The minimum atomic E-state index is -1.27. The molecule has 2 aromatic rings. The first-order valence-corrected chi connectivity index (χ1v) is 12.8. The van der Waals surface area contributed by atoms with Gasteiger partial charge < -0.3 is 19.9 Å². The fourth-order valence-electron chi connectivity index (χ4n) is 3.58. The van der Waals surface area contributed by atoms with Crippen molar-refractivity contribution in [2.45, 2.75) is 64.1 Å². The number of fused-ring (bicyclic) bond motifs is 1. The summed E-state index contributed by atoms with van der Waals surface area (Å²) in [5.74, 6) is 1.11. The second-order valence-corrected chi connectivity index (χ2v) is 12.6. The van der Waals surface area contributed by atoms with Crippen LogP contribution in [0.15, 0.2) is 4.79 Å². The molecule has 3 N–H and O–H groups in total. The Morgan fingerprint density at radius 2 is 2.00 bits per heavy atom. The number of aromatic nitrogens is 4. The molecule has 4 atom stereocenters. The highest BCUT2D eigenvalue weighted by atomic mass is 31.2. The number of nitrogens with one attached hydrogen (secondary N) is 1. The largest absolute Gasteiger partial charge is 0.388 e. The Kier molecular flexibility index (Phi) is 6.15. The van der Waals surface area contributed by atoms with Crippen LogP contribution >= 0.6 is 6.89 Å². The number of aromatic amines is 1. The van der Waals surface area contributed by atoms with Gasteiger partial charge in [0.15, 0.2) is 17.4 Å². The number of rotatable bonds is 7. The van der Waals surface area contributed by atoms with Crippen LogP contribution in [0.1, 0.15) is 44.1 Å². The van der Waals surface area contributed by atoms with E-state index in [1.54, 1.807) is 11.5 Å². The summed E-state index contributed by atoms with van der Waals surface area (Å²) < 4.78 is 7.79. The van der Waals surface area contributed by atoms with Crippen LogP contribution in [-0.2, 0) is 11.2 Å². The molecule has 3 heterocycles. The fourth-order valence-corrected chi connectivity index (χ4v) is 4.53. The van der Waals surface area contributed by atoms with Gasteiger partial charge in [-0.3, -0.25) is 9.36 Å². The van der Waals surface area contributed by atoms with Crippen molar-refractivity contribution >= 4 is 24.3 Å². The highest BCUT2D eigenvalue weighted by molar-refractivity contribution is 7.72. The van der Waals surface area contributed by atoms with Crippen molar-refractivity contribution in [2.24, 2.45) is 0 Å². The van der Waals surface area contributed by atoms with Crippen LogP contribution in [0.4, 0.5) is 0 Å². The number of aryl methyl sites for hydroxylation is 2. The summed E-state index contributed by atoms with van der Waals surface area (Å²) in [5.41, 5.74) is 0.302. The molecule has 0 spiro atoms. The van der Waals surface area contributed by atoms with Gasteiger partial charge in [-0.25, -0.2) is 9.97 Å². The van der Waals surface area contributed by atoms with Crippen LogP contribution in [-0.4, -0.2) is 73.8 Å². The van der Waals surface area contributed by atoms with Gasteiger partial charge in [-0.05, 0) is 39.3 Å². The lowest BCUT2D eigenvalue weighted by atomic mass is 10.1. The Labute approximate surface area is 165 Å². The number of aliphatic hydroxyl groups excluding tert-OH is 2. The molecule has 3 rings (SSSR count). The molecule has 0 aromatic carbocycles. The number of hydrogen-bond acceptors (Lipinski definition) is 6. The summed E-state index contributed by atoms with van der Waals surface area (Å²) in [5, 5.41) is 21.3. The van der Waals surface area contributed by atoms with Gasteiger partial charge in [0.2, 0.25) is 0 Å². The Morgan fingerprint density at radius 3 is 2.64 bits per heavy atom. The van der Waals surface area contributed by atoms with E-state index in [1.807, 2.05) is 0 Å². The SMILES string of the molecule is C=P(C)(C)CC[C@H]1O[C@@H](n2c(CCCC)nc3c(=O)[nH]c(C)nc32)[C@H](O)[C@@H]1O. The average Bonchev–Trinajstić information content (AvgIpc) is 3.09. The van der Waals surface area contributed by atoms with Crippen LogP contribution in [0.2, 0.25) is 0 Å². The van der Waals surface area contributed by atoms with Crippen molar-refractivity contribution in [1.82, 2.24) is 19.5 Å². The summed E-state index contributed by atoms with van der Waals surface area (Å²) in [6.07, 6.45) is 4.75. The molecule has 156 valence electrons. The van der Waals surface area contributed by atoms with Crippen LogP contribution in [0.3, 0.4) is 0 Å². The third-order valence-corrected chi connectivity index (χ3v) is 6.58. The van der Waals surface area contributed by atoms with E-state index in [9.17, 15) is 15.0 Å². The van der Waals surface area contributed by atoms with E-state index in [1.165, 1.54) is 0 Å². The number of imidazole rings is 1. The molecule has 0 bridgehead atoms. The van der Waals surface area contributed by atoms with Gasteiger partial charge >= 0.3 is 0 Å². The zero-order valence-corrected chi connectivity index (χ0v) is 17.9. The first-order valence-electron chi connectivity index (χ1n) is 9.79. The Hall–Kier alpha value is -1.47. The average molecular weight is 410 g/mol. The molecule has 0 radical (unpaired) electrons. The second kappa shape index (κ2) is 8.11. The lowest BCUT2D eigenvalue weighted by molar-refractivity contribution is -0.0368. The topological polar surface area (TPSA) is 113 Å². The number of hydrogen-bond donors (Lipinski definition) is 3. The molecule has 1 saturated heterocycles. The van der Waals surface area contributed by atoms with Gasteiger partial charge in [0.25, 0.3) is 5.56 Å². The van der Waals surface area contributed by atoms with Crippen LogP contribution in [0.25, 0.3) is 11.2 Å². The maximum Gasteiger partial charge on any atom is 0.279 e. The molecule has 1 aliphatic rings. The Morgan fingerprint density at radius 1 is 1.29 bits per heavy atom. The van der Waals surface area contributed by atoms with E-state index in [2.05, 4.69) is 41.5 Å². The predicted molar refractivity (Wildman–Crippen MR) is 113 cm³/mol. The molecule has 9 heteroatoms. The van der Waals surface area contributed by atoms with Gasteiger partial charge in [0, 0.05) is 6.42 Å². The number of unbranched alkanes of at least 4 members (excludes halogenated alkanes) is 1. The summed E-state index contributed by atoms with van der Waals surface area (Å²) in [6.45, 7) is 6.77. The van der Waals surface area contributed by atoms with Crippen molar-refractivity contribution < 1.29 is 14.9 Å². The first-order chi connectivity index (χ1) is 13.1. The van der Waals surface area contributed by atoms with E-state index in [4.69, 9.17) is 4.74 Å². The van der Waals surface area contributed by atoms with Crippen molar-refractivity contribution in [3.05, 3.63) is 22.0 Å². The number of aliphatic hydroxyl groups is 2. The molecular weight excluding hydrogens is 379 g/mol. The summed E-state index contributed by atoms with van der Waals surface area (Å²) in [7, 11) is 0. The highest BCUT2D eigenvalue weighted by Gasteiger charge is 2.45. The maximum absolute atomic E-state index is 12.3. The van der Waals surface area contributed by atoms with E-state index in [0.29, 0.717) is 30.1 Å². The molecule has 0 saturated carbocycles. The van der Waals surface area contributed by atoms with E-state index in [-0.39, 0.29) is 11.1 Å². The van der Waals surface area contributed by atoms with Crippen molar-refractivity contribution in [3.63, 3.8) is 0 Å². The molecule has 0 amide bonds. The normalized spacial score (nSPS) is 25.6. The van der Waals surface area contributed by atoms with Crippen molar-refractivity contribution in [1.29, 1.82) is 0 Å². The monoisotopic (exact) mass is 410 g/mol. The first kappa shape index (κ1) is 21.2. The molecule has 28 heavy (non-hydrogen) atoms. The third-order valence-electron chi connectivity index (χ3n) is 5.11. The minimum absolute atomic E-state index is 0.232. The fraction of sp³-hybridized carbons (Fsp3) is 0.684. The molecule has 2 aromatic heterocycles. The Balaban J connectivity index is 2.01. The lowest BCUT2D eigenvalue weighted by Crippen LogP contribution is -2.32. The minimum Gasteiger partial charge on any atom is -0.388 e. The third kappa shape index (κ3) is 4.25. The number of H-pyrrole nitrogens is 1. The molecular formula is C19H31N4O4P. The van der Waals surface area contributed by atoms with Crippen LogP contribution in [0, 0.1) is 6.92 Å². The second-order valence-electron chi connectivity index (χ2n) is 8.32. The van der Waals surface area contributed by atoms with Gasteiger partial charge in [-0.1, -0.05) is 13.3 Å². The van der Waals surface area contributed by atoms with Gasteiger partial charge in [-0.15, -0.1) is 13.2 Å². The summed E-state index contributed by atoms with van der Waals surface area (Å²) in [4.78, 5) is 23.9. The van der Waals surface area contributed by atoms with Crippen LogP contribution in [0.5, 0.6) is 0 Å². The molecule has 1 aliphatic heterocycles.